The molecule has 1 N–H and O–H groups in total. The first-order valence-electron chi connectivity index (χ1n) is 5.78. The average Bonchev–Trinajstić information content (AvgIpc) is 2.86. The van der Waals surface area contributed by atoms with Crippen LogP contribution in [-0.2, 0) is 0 Å². The van der Waals surface area contributed by atoms with Crippen molar-refractivity contribution < 1.29 is 0 Å². The van der Waals surface area contributed by atoms with Crippen molar-refractivity contribution in [2.75, 3.05) is 36.0 Å². The predicted molar refractivity (Wildman–Crippen MR) is 78.2 cm³/mol. The van der Waals surface area contributed by atoms with Gasteiger partial charge in [-0.3, -0.25) is 5.10 Å². The molecule has 3 rings (SSSR count). The Balaban J connectivity index is 1.66. The van der Waals surface area contributed by atoms with Gasteiger partial charge in [0.2, 0.25) is 5.95 Å². The van der Waals surface area contributed by atoms with E-state index in [-0.39, 0.29) is 0 Å². The molecule has 1 aliphatic rings. The lowest BCUT2D eigenvalue weighted by Gasteiger charge is -2.34. The van der Waals surface area contributed by atoms with Gasteiger partial charge in [-0.15, -0.1) is 5.10 Å². The number of anilines is 2. The molecule has 1 aliphatic heterocycles. The summed E-state index contributed by atoms with van der Waals surface area (Å²) in [5.74, 6) is 1.67. The molecule has 0 bridgehead atoms. The van der Waals surface area contributed by atoms with Crippen LogP contribution in [0.4, 0.5) is 11.8 Å². The van der Waals surface area contributed by atoms with Gasteiger partial charge in [-0.05, 0) is 31.9 Å². The zero-order valence-electron chi connectivity index (χ0n) is 9.92. The summed E-state index contributed by atoms with van der Waals surface area (Å²) in [4.78, 5) is 17.0. The number of hydrogen-bond acceptors (Lipinski definition) is 6. The molecule has 2 aromatic heterocycles. The second-order valence-corrected chi connectivity index (χ2v) is 5.66. The predicted octanol–water partition coefficient (Wildman–Crippen LogP) is 1.45. The largest absolute Gasteiger partial charge is 0.353 e. The fourth-order valence-electron chi connectivity index (χ4n) is 2.01. The molecule has 1 fully saturated rings. The third-order valence-electron chi connectivity index (χ3n) is 2.95. The van der Waals surface area contributed by atoms with E-state index in [9.17, 15) is 0 Å². The number of piperazine rings is 1. The first-order chi connectivity index (χ1) is 9.22. The first-order valence-corrected chi connectivity index (χ1v) is 7.36. The highest BCUT2D eigenvalue weighted by molar-refractivity contribution is 9.10. The number of nitrogens with zero attached hydrogens (tertiary/aromatic N) is 6. The highest BCUT2D eigenvalue weighted by atomic mass is 79.9. The first kappa shape index (κ1) is 12.8. The zero-order valence-corrected chi connectivity index (χ0v) is 13.1. The van der Waals surface area contributed by atoms with Gasteiger partial charge in [-0.25, -0.2) is 9.97 Å². The minimum atomic E-state index is 0.657. The van der Waals surface area contributed by atoms with Crippen LogP contribution in [0.5, 0.6) is 0 Å². The highest BCUT2D eigenvalue weighted by Gasteiger charge is 2.20. The highest BCUT2D eigenvalue weighted by Crippen LogP contribution is 2.18. The molecule has 0 radical (unpaired) electrons. The van der Waals surface area contributed by atoms with Gasteiger partial charge in [0.15, 0.2) is 4.73 Å². The number of hydrogen-bond donors (Lipinski definition) is 1. The summed E-state index contributed by atoms with van der Waals surface area (Å²) in [5, 5.41) is 6.93. The number of halogens is 2. The third kappa shape index (κ3) is 2.86. The summed E-state index contributed by atoms with van der Waals surface area (Å²) in [7, 11) is 0. The van der Waals surface area contributed by atoms with Crippen molar-refractivity contribution in [1.82, 2.24) is 25.1 Å². The van der Waals surface area contributed by atoms with E-state index in [2.05, 4.69) is 66.8 Å². The molecule has 0 spiro atoms. The number of aromatic nitrogens is 5. The van der Waals surface area contributed by atoms with Crippen LogP contribution < -0.4 is 9.80 Å². The molecule has 0 aromatic carbocycles. The molecule has 9 heteroatoms. The molecular formula is C10H11Br2N7. The number of aromatic amines is 1. The molecule has 19 heavy (non-hydrogen) atoms. The van der Waals surface area contributed by atoms with E-state index in [1.54, 1.807) is 6.33 Å². The van der Waals surface area contributed by atoms with Crippen molar-refractivity contribution in [1.29, 1.82) is 0 Å². The molecule has 0 aliphatic carbocycles. The van der Waals surface area contributed by atoms with E-state index in [4.69, 9.17) is 0 Å². The minimum Gasteiger partial charge on any atom is -0.353 e. The molecule has 0 unspecified atom stereocenters. The summed E-state index contributed by atoms with van der Waals surface area (Å²) < 4.78 is 1.46. The quantitative estimate of drug-likeness (QED) is 0.785. The SMILES string of the molecule is Brc1cc(N2CCN(c3n[nH]c(Br)n3)CC2)ncn1. The topological polar surface area (TPSA) is 73.8 Å². The van der Waals surface area contributed by atoms with Gasteiger partial charge in [0.05, 0.1) is 0 Å². The lowest BCUT2D eigenvalue weighted by Crippen LogP contribution is -2.47. The number of nitrogens with one attached hydrogen (secondary N) is 1. The van der Waals surface area contributed by atoms with Crippen molar-refractivity contribution in [2.45, 2.75) is 0 Å². The normalized spacial score (nSPS) is 15.9. The van der Waals surface area contributed by atoms with Crippen LogP contribution in [0.2, 0.25) is 0 Å². The molecule has 100 valence electrons. The summed E-state index contributed by atoms with van der Waals surface area (Å²) >= 11 is 6.63. The molecular weight excluding hydrogens is 378 g/mol. The van der Waals surface area contributed by atoms with Crippen molar-refractivity contribution >= 4 is 43.6 Å². The Morgan fingerprint density at radius 1 is 1.05 bits per heavy atom. The van der Waals surface area contributed by atoms with Crippen molar-refractivity contribution in [3.8, 4) is 0 Å². The Kier molecular flexibility index (Phi) is 3.65. The van der Waals surface area contributed by atoms with E-state index in [1.165, 1.54) is 0 Å². The maximum Gasteiger partial charge on any atom is 0.245 e. The Hall–Kier alpha value is -1.22. The Labute approximate surface area is 126 Å². The Morgan fingerprint density at radius 2 is 1.79 bits per heavy atom. The van der Waals surface area contributed by atoms with Crippen LogP contribution >= 0.6 is 31.9 Å². The summed E-state index contributed by atoms with van der Waals surface area (Å²) in [6, 6.07) is 1.93. The Morgan fingerprint density at radius 3 is 2.42 bits per heavy atom. The van der Waals surface area contributed by atoms with Crippen molar-refractivity contribution in [3.05, 3.63) is 21.7 Å². The van der Waals surface area contributed by atoms with Crippen LogP contribution in [-0.4, -0.2) is 51.3 Å². The summed E-state index contributed by atoms with van der Waals surface area (Å²) in [6.45, 7) is 3.50. The average molecular weight is 389 g/mol. The van der Waals surface area contributed by atoms with Gasteiger partial charge < -0.3 is 9.80 Å². The fraction of sp³-hybridized carbons (Fsp3) is 0.400. The monoisotopic (exact) mass is 387 g/mol. The van der Waals surface area contributed by atoms with Gasteiger partial charge in [0, 0.05) is 32.2 Å². The molecule has 0 amide bonds. The van der Waals surface area contributed by atoms with Gasteiger partial charge in [0.25, 0.3) is 0 Å². The zero-order chi connectivity index (χ0) is 13.2. The van der Waals surface area contributed by atoms with Crippen LogP contribution in [0.25, 0.3) is 0 Å². The second kappa shape index (κ2) is 5.41. The van der Waals surface area contributed by atoms with Gasteiger partial charge in [-0.2, -0.15) is 4.98 Å². The molecule has 1 saturated heterocycles. The molecule has 2 aromatic rings. The summed E-state index contributed by atoms with van der Waals surface area (Å²) in [5.41, 5.74) is 0. The molecule has 0 atom stereocenters. The van der Waals surface area contributed by atoms with Crippen molar-refractivity contribution in [2.24, 2.45) is 0 Å². The van der Waals surface area contributed by atoms with Crippen LogP contribution in [0.15, 0.2) is 21.7 Å². The van der Waals surface area contributed by atoms with E-state index in [0.717, 1.165) is 42.5 Å². The van der Waals surface area contributed by atoms with Crippen LogP contribution in [0.3, 0.4) is 0 Å². The molecule has 3 heterocycles. The second-order valence-electron chi connectivity index (χ2n) is 4.10. The number of rotatable bonds is 2. The van der Waals surface area contributed by atoms with E-state index in [0.29, 0.717) is 4.73 Å². The molecule has 7 nitrogen and oxygen atoms in total. The smallest absolute Gasteiger partial charge is 0.245 e. The van der Waals surface area contributed by atoms with Crippen LogP contribution in [0, 0.1) is 0 Å². The molecule has 0 saturated carbocycles. The van der Waals surface area contributed by atoms with E-state index >= 15 is 0 Å². The van der Waals surface area contributed by atoms with E-state index < -0.39 is 0 Å². The van der Waals surface area contributed by atoms with Crippen molar-refractivity contribution in [3.63, 3.8) is 0 Å². The van der Waals surface area contributed by atoms with Gasteiger partial charge >= 0.3 is 0 Å². The standard InChI is InChI=1S/C10H11Br2N7/c11-7-5-8(14-6-13-7)18-1-3-19(4-2-18)10-15-9(12)16-17-10/h5-6H,1-4H2,(H,15,16,17). The van der Waals surface area contributed by atoms with Crippen LogP contribution in [0.1, 0.15) is 0 Å². The summed E-state index contributed by atoms with van der Waals surface area (Å²) in [6.07, 6.45) is 1.57. The van der Waals surface area contributed by atoms with E-state index in [1.807, 2.05) is 6.07 Å². The minimum absolute atomic E-state index is 0.657. The lowest BCUT2D eigenvalue weighted by molar-refractivity contribution is 0.634. The Bertz CT molecular complexity index is 565. The third-order valence-corrected chi connectivity index (χ3v) is 3.74. The maximum absolute atomic E-state index is 4.29. The maximum atomic E-state index is 4.29. The fourth-order valence-corrected chi connectivity index (χ4v) is 2.55. The van der Waals surface area contributed by atoms with Gasteiger partial charge in [0.1, 0.15) is 16.7 Å². The number of H-pyrrole nitrogens is 1. The lowest BCUT2D eigenvalue weighted by atomic mass is 10.3. The van der Waals surface area contributed by atoms with Gasteiger partial charge in [-0.1, -0.05) is 0 Å².